The molecule has 0 saturated carbocycles. The number of aromatic amines is 1. The minimum absolute atomic E-state index is 0.113. The zero-order chi connectivity index (χ0) is 42.8. The number of anilines is 2. The van der Waals surface area contributed by atoms with E-state index >= 15 is 0 Å². The van der Waals surface area contributed by atoms with Crippen LogP contribution in [0.1, 0.15) is 34.1 Å². The Morgan fingerprint density at radius 3 is 2.41 bits per heavy atom. The topological polar surface area (TPSA) is 203 Å². The maximum absolute atomic E-state index is 13.5. The van der Waals surface area contributed by atoms with Crippen molar-refractivity contribution < 1.29 is 13.2 Å². The maximum atomic E-state index is 13.5. The predicted molar refractivity (Wildman–Crippen MR) is 242 cm³/mol. The van der Waals surface area contributed by atoms with E-state index in [0.717, 1.165) is 60.0 Å². The number of tetrazole rings is 1. The van der Waals surface area contributed by atoms with Gasteiger partial charge in [-0.2, -0.15) is 5.21 Å². The average Bonchev–Trinajstić information content (AvgIpc) is 3.77. The Kier molecular flexibility index (Phi) is 14.3. The van der Waals surface area contributed by atoms with Crippen LogP contribution in [0.4, 0.5) is 17.1 Å². The summed E-state index contributed by atoms with van der Waals surface area (Å²) in [5, 5.41) is 51.1. The second kappa shape index (κ2) is 20.0. The molecule has 5 aromatic carbocycles. The molecule has 7 rings (SSSR count). The van der Waals surface area contributed by atoms with Gasteiger partial charge in [-0.05, 0) is 83.8 Å². The van der Waals surface area contributed by atoms with Gasteiger partial charge in [0.1, 0.15) is 0 Å². The van der Waals surface area contributed by atoms with Crippen LogP contribution < -0.4 is 25.5 Å². The molecule has 0 spiro atoms. The van der Waals surface area contributed by atoms with Crippen LogP contribution in [0.15, 0.2) is 131 Å². The quantitative estimate of drug-likeness (QED) is 0.0231. The normalized spacial score (nSPS) is 14.0. The van der Waals surface area contributed by atoms with E-state index in [4.69, 9.17) is 11.6 Å². The van der Waals surface area contributed by atoms with Crippen LogP contribution in [-0.2, 0) is 16.6 Å². The first-order valence-corrected chi connectivity index (χ1v) is 22.5. The first-order chi connectivity index (χ1) is 29.4. The van der Waals surface area contributed by atoms with Gasteiger partial charge in [0.15, 0.2) is 11.5 Å². The minimum Gasteiger partial charge on any atom is -0.626 e. The number of hydroxylamine groups is 2. The smallest absolute Gasteiger partial charge is 0.264 e. The number of hydrogen-bond acceptors (Lipinski definition) is 13. The highest BCUT2D eigenvalue weighted by Crippen LogP contribution is 2.34. The highest BCUT2D eigenvalue weighted by atomic mass is 35.5. The maximum Gasteiger partial charge on any atom is 0.264 e. The van der Waals surface area contributed by atoms with Crippen molar-refractivity contribution in [3.63, 3.8) is 0 Å². The molecule has 0 unspecified atom stereocenters. The SMILES string of the molecule is C[N+]([O-])([O-])c1cc(S(=O)(=O)NC(=O)c2ccc(NCCNCc3ccccc3-c3ccc(Cl)cc3)cc2)ccc1N[C@H](CCN1CC(c2nn[nH]n2)C1)CSc1ccccc1. The molecule has 1 fully saturated rings. The van der Waals surface area contributed by atoms with E-state index in [1.807, 2.05) is 66.7 Å². The molecule has 1 aliphatic rings. The number of likely N-dealkylation sites (tertiary alicyclic amines) is 1. The third-order valence-corrected chi connectivity index (χ3v) is 13.0. The molecule has 0 aliphatic carbocycles. The molecule has 1 amide bonds. The fraction of sp³-hybridized carbons (Fsp3) is 0.256. The number of nitrogens with zero attached hydrogens (tertiary/aromatic N) is 5. The van der Waals surface area contributed by atoms with Crippen molar-refractivity contribution in [2.75, 3.05) is 56.2 Å². The Morgan fingerprint density at radius 2 is 1.69 bits per heavy atom. The number of carbonyl (C=O) groups is 1. The molecule has 0 bridgehead atoms. The minimum atomic E-state index is -4.47. The van der Waals surface area contributed by atoms with Gasteiger partial charge in [0.05, 0.1) is 17.6 Å². The van der Waals surface area contributed by atoms with Crippen molar-refractivity contribution in [2.45, 2.75) is 34.7 Å². The van der Waals surface area contributed by atoms with Crippen LogP contribution >= 0.6 is 23.4 Å². The molecule has 2 heterocycles. The van der Waals surface area contributed by atoms with Gasteiger partial charge >= 0.3 is 0 Å². The van der Waals surface area contributed by atoms with Crippen molar-refractivity contribution >= 4 is 56.4 Å². The third kappa shape index (κ3) is 11.9. The van der Waals surface area contributed by atoms with Gasteiger partial charge < -0.3 is 36.1 Å². The van der Waals surface area contributed by atoms with Gasteiger partial charge in [0, 0.05) is 84.2 Å². The Hall–Kier alpha value is -5.37. The summed E-state index contributed by atoms with van der Waals surface area (Å²) in [7, 11) is -3.59. The second-order valence-corrected chi connectivity index (χ2v) is 18.0. The number of hydrogen-bond donors (Lipinski definition) is 5. The molecule has 6 aromatic rings. The summed E-state index contributed by atoms with van der Waals surface area (Å²) < 4.78 is 29.1. The Balaban J connectivity index is 0.938. The molecular weight excluding hydrogens is 836 g/mol. The van der Waals surface area contributed by atoms with Crippen LogP contribution in [0.5, 0.6) is 0 Å². The average molecular weight is 882 g/mol. The Labute approximate surface area is 364 Å². The number of benzene rings is 5. The molecule has 1 aliphatic heterocycles. The number of amides is 1. The van der Waals surface area contributed by atoms with Crippen LogP contribution in [0, 0.1) is 10.4 Å². The molecule has 1 atom stereocenters. The number of quaternary nitrogens is 1. The highest BCUT2D eigenvalue weighted by Gasteiger charge is 2.31. The number of H-pyrrole nitrogens is 1. The molecule has 15 nitrogen and oxygen atoms in total. The summed E-state index contributed by atoms with van der Waals surface area (Å²) in [6.45, 7) is 4.20. The van der Waals surface area contributed by atoms with Crippen LogP contribution in [0.2, 0.25) is 5.02 Å². The fourth-order valence-electron chi connectivity index (χ4n) is 6.95. The molecule has 1 saturated heterocycles. The molecule has 318 valence electrons. The summed E-state index contributed by atoms with van der Waals surface area (Å²) in [6, 6.07) is 35.7. The van der Waals surface area contributed by atoms with Gasteiger partial charge in [-0.25, -0.2) is 13.1 Å². The lowest BCUT2D eigenvalue weighted by Gasteiger charge is -2.43. The summed E-state index contributed by atoms with van der Waals surface area (Å²) in [5.41, 5.74) is 4.11. The van der Waals surface area contributed by atoms with Crippen molar-refractivity contribution in [1.29, 1.82) is 0 Å². The molecular formula is C43H46ClN10O5S2-. The van der Waals surface area contributed by atoms with E-state index < -0.39 is 20.7 Å². The van der Waals surface area contributed by atoms with Gasteiger partial charge in [-0.15, -0.1) is 22.0 Å². The molecule has 1 aromatic heterocycles. The van der Waals surface area contributed by atoms with Crippen LogP contribution in [0.3, 0.4) is 0 Å². The summed E-state index contributed by atoms with van der Waals surface area (Å²) >= 11 is 7.70. The van der Waals surface area contributed by atoms with Crippen molar-refractivity contribution in [1.82, 2.24) is 40.4 Å². The van der Waals surface area contributed by atoms with E-state index in [9.17, 15) is 23.6 Å². The van der Waals surface area contributed by atoms with Crippen LogP contribution in [-0.4, -0.2) is 91.4 Å². The van der Waals surface area contributed by atoms with E-state index in [2.05, 4.69) is 58.3 Å². The van der Waals surface area contributed by atoms with E-state index in [1.54, 1.807) is 23.9 Å². The Bertz CT molecular complexity index is 2470. The number of thioether (sulfide) groups is 1. The monoisotopic (exact) mass is 881 g/mol. The van der Waals surface area contributed by atoms with Gasteiger partial charge in [-0.3, -0.25) is 4.79 Å². The van der Waals surface area contributed by atoms with Crippen LogP contribution in [0.25, 0.3) is 11.1 Å². The number of halogens is 1. The highest BCUT2D eigenvalue weighted by molar-refractivity contribution is 7.99. The predicted octanol–water partition coefficient (Wildman–Crippen LogP) is 6.84. The number of nitrogens with one attached hydrogen (secondary N) is 5. The standard InChI is InChI=1S/C43H46ClN10O5S2/c1-54(56,57)41-25-38(19-20-40(41)47-36(29-60-37-8-3-2-4-9-37)21-24-53-27-33(28-53)42-48-51-52-49-42)61(58,59)50-43(55)31-13-17-35(18-14-31)46-23-22-45-26-32-7-5-6-10-39(32)30-11-15-34(44)16-12-30/h2-20,25,33,36,45-47H,21-24,26-29H2,1H3,(H,50,55)(H,48,49,51,52)/q-1/t36-/m1/s1. The van der Waals surface area contributed by atoms with Crippen molar-refractivity contribution in [3.8, 4) is 11.1 Å². The fourth-order valence-corrected chi connectivity index (χ4v) is 9.06. The first kappa shape index (κ1) is 43.7. The van der Waals surface area contributed by atoms with Crippen molar-refractivity contribution in [2.24, 2.45) is 0 Å². The largest absolute Gasteiger partial charge is 0.626 e. The van der Waals surface area contributed by atoms with Crippen molar-refractivity contribution in [3.05, 3.63) is 154 Å². The Morgan fingerprint density at radius 1 is 0.951 bits per heavy atom. The van der Waals surface area contributed by atoms with Gasteiger partial charge in [0.25, 0.3) is 15.9 Å². The molecule has 5 N–H and O–H groups in total. The summed E-state index contributed by atoms with van der Waals surface area (Å²) in [6.07, 6.45) is 0.668. The summed E-state index contributed by atoms with van der Waals surface area (Å²) in [4.78, 5) is 14.0. The lowest BCUT2D eigenvalue weighted by atomic mass is 9.99. The molecule has 61 heavy (non-hydrogen) atoms. The van der Waals surface area contributed by atoms with E-state index in [1.165, 1.54) is 24.3 Å². The zero-order valence-corrected chi connectivity index (χ0v) is 35.7. The van der Waals surface area contributed by atoms with Gasteiger partial charge in [0.2, 0.25) is 0 Å². The van der Waals surface area contributed by atoms with E-state index in [0.29, 0.717) is 42.7 Å². The second-order valence-electron chi connectivity index (χ2n) is 14.8. The van der Waals surface area contributed by atoms with Gasteiger partial charge in [-0.1, -0.05) is 71.4 Å². The first-order valence-electron chi connectivity index (χ1n) is 19.7. The number of sulfonamides is 1. The van der Waals surface area contributed by atoms with E-state index in [-0.39, 0.29) is 33.8 Å². The molecule has 18 heteroatoms. The lowest BCUT2D eigenvalue weighted by molar-refractivity contribution is 0.0981. The summed E-state index contributed by atoms with van der Waals surface area (Å²) in [5.74, 6) is 0.625. The number of carbonyl (C=O) groups excluding carboxylic acids is 1. The zero-order valence-electron chi connectivity index (χ0n) is 33.3. The lowest BCUT2D eigenvalue weighted by Crippen LogP contribution is -2.47. The number of rotatable bonds is 20. The number of aromatic nitrogens is 4. The third-order valence-electron chi connectivity index (χ3n) is 10.2. The molecule has 0 radical (unpaired) electrons.